The van der Waals surface area contributed by atoms with Gasteiger partial charge in [0.15, 0.2) is 0 Å². The molecule has 6 heteroatoms. The molecule has 1 aliphatic rings. The van der Waals surface area contributed by atoms with Gasteiger partial charge in [0, 0.05) is 51.3 Å². The van der Waals surface area contributed by atoms with Crippen LogP contribution in [0.5, 0.6) is 5.75 Å². The van der Waals surface area contributed by atoms with Crippen LogP contribution in [0.2, 0.25) is 0 Å². The summed E-state index contributed by atoms with van der Waals surface area (Å²) in [5.41, 5.74) is 2.93. The van der Waals surface area contributed by atoms with E-state index in [0.29, 0.717) is 12.0 Å². The van der Waals surface area contributed by atoms with Crippen LogP contribution in [0.3, 0.4) is 0 Å². The van der Waals surface area contributed by atoms with E-state index in [2.05, 4.69) is 48.3 Å². The Kier molecular flexibility index (Phi) is 8.28. The maximum Gasteiger partial charge on any atom is 0.251 e. The highest BCUT2D eigenvalue weighted by atomic mass is 16.5. The molecule has 2 amide bonds. The highest BCUT2D eigenvalue weighted by molar-refractivity contribution is 5.94. The molecule has 0 saturated carbocycles. The van der Waals surface area contributed by atoms with Crippen LogP contribution in [0.4, 0.5) is 0 Å². The fourth-order valence-corrected chi connectivity index (χ4v) is 4.15. The minimum atomic E-state index is -0.147. The molecule has 1 saturated heterocycles. The summed E-state index contributed by atoms with van der Waals surface area (Å²) < 4.78 is 6.41. The SMILES string of the molecule is CCCC(=O)N1CCN(C[C@H](Oc2ccc(C(=O)NC)cc2)c2ccc(C)cc2)C[C@H]1C. The summed E-state index contributed by atoms with van der Waals surface area (Å²) in [5.74, 6) is 0.867. The monoisotopic (exact) mass is 437 g/mol. The molecule has 2 atom stereocenters. The Labute approximate surface area is 191 Å². The van der Waals surface area contributed by atoms with E-state index < -0.39 is 0 Å². The number of rotatable bonds is 8. The third kappa shape index (κ3) is 6.10. The number of carbonyl (C=O) groups excluding carboxylic acids is 2. The molecular weight excluding hydrogens is 402 g/mol. The number of hydrogen-bond donors (Lipinski definition) is 1. The summed E-state index contributed by atoms with van der Waals surface area (Å²) >= 11 is 0. The van der Waals surface area contributed by atoms with Crippen LogP contribution in [0.15, 0.2) is 48.5 Å². The van der Waals surface area contributed by atoms with E-state index in [9.17, 15) is 9.59 Å². The number of carbonyl (C=O) groups is 2. The van der Waals surface area contributed by atoms with E-state index in [1.165, 1.54) is 5.56 Å². The van der Waals surface area contributed by atoms with Gasteiger partial charge in [-0.3, -0.25) is 14.5 Å². The molecule has 0 spiro atoms. The molecular formula is C26H35N3O3. The zero-order chi connectivity index (χ0) is 23.1. The summed E-state index contributed by atoms with van der Waals surface area (Å²) in [6.45, 7) is 9.40. The predicted molar refractivity (Wildman–Crippen MR) is 127 cm³/mol. The van der Waals surface area contributed by atoms with E-state index in [1.807, 2.05) is 24.0 Å². The van der Waals surface area contributed by atoms with Crippen LogP contribution in [0.25, 0.3) is 0 Å². The maximum absolute atomic E-state index is 12.4. The Morgan fingerprint density at radius 1 is 1.09 bits per heavy atom. The number of nitrogens with one attached hydrogen (secondary N) is 1. The van der Waals surface area contributed by atoms with Crippen molar-refractivity contribution in [1.82, 2.24) is 15.1 Å². The van der Waals surface area contributed by atoms with Crippen LogP contribution in [-0.4, -0.2) is 60.9 Å². The maximum atomic E-state index is 12.4. The molecule has 0 bridgehead atoms. The van der Waals surface area contributed by atoms with Gasteiger partial charge in [-0.1, -0.05) is 36.8 Å². The second-order valence-corrected chi connectivity index (χ2v) is 8.57. The highest BCUT2D eigenvalue weighted by Crippen LogP contribution is 2.25. The van der Waals surface area contributed by atoms with Crippen LogP contribution in [0.1, 0.15) is 54.3 Å². The van der Waals surface area contributed by atoms with E-state index in [1.54, 1.807) is 19.2 Å². The first-order valence-electron chi connectivity index (χ1n) is 11.5. The van der Waals surface area contributed by atoms with Crippen molar-refractivity contribution in [3.05, 3.63) is 65.2 Å². The summed E-state index contributed by atoms with van der Waals surface area (Å²) in [7, 11) is 1.62. The van der Waals surface area contributed by atoms with Crippen molar-refractivity contribution in [3.8, 4) is 5.75 Å². The lowest BCUT2D eigenvalue weighted by molar-refractivity contribution is -0.135. The largest absolute Gasteiger partial charge is 0.484 e. The van der Waals surface area contributed by atoms with Crippen LogP contribution < -0.4 is 10.1 Å². The fraction of sp³-hybridized carbons (Fsp3) is 0.462. The van der Waals surface area contributed by atoms with Gasteiger partial charge in [0.25, 0.3) is 5.91 Å². The second-order valence-electron chi connectivity index (χ2n) is 8.57. The third-order valence-corrected chi connectivity index (χ3v) is 5.99. The highest BCUT2D eigenvalue weighted by Gasteiger charge is 2.29. The molecule has 1 N–H and O–H groups in total. The zero-order valence-electron chi connectivity index (χ0n) is 19.6. The number of ether oxygens (including phenoxy) is 1. The van der Waals surface area contributed by atoms with Crippen molar-refractivity contribution in [1.29, 1.82) is 0 Å². The number of nitrogens with zero attached hydrogens (tertiary/aromatic N) is 2. The Morgan fingerprint density at radius 2 is 1.78 bits per heavy atom. The molecule has 6 nitrogen and oxygen atoms in total. The topological polar surface area (TPSA) is 61.9 Å². The number of benzene rings is 2. The van der Waals surface area contributed by atoms with Crippen molar-refractivity contribution in [2.45, 2.75) is 45.8 Å². The molecule has 2 aromatic carbocycles. The van der Waals surface area contributed by atoms with Crippen LogP contribution in [-0.2, 0) is 4.79 Å². The average Bonchev–Trinajstić information content (AvgIpc) is 2.79. The van der Waals surface area contributed by atoms with Crippen molar-refractivity contribution in [3.63, 3.8) is 0 Å². The summed E-state index contributed by atoms with van der Waals surface area (Å²) in [4.78, 5) is 28.6. The first kappa shape index (κ1) is 23.8. The average molecular weight is 438 g/mol. The molecule has 1 aliphatic heterocycles. The molecule has 1 heterocycles. The molecule has 1 fully saturated rings. The molecule has 3 rings (SSSR count). The molecule has 0 radical (unpaired) electrons. The quantitative estimate of drug-likeness (QED) is 0.682. The Balaban J connectivity index is 1.72. The Bertz CT molecular complexity index is 896. The minimum absolute atomic E-state index is 0.115. The molecule has 32 heavy (non-hydrogen) atoms. The third-order valence-electron chi connectivity index (χ3n) is 5.99. The van der Waals surface area contributed by atoms with Gasteiger partial charge in [0.2, 0.25) is 5.91 Å². The Hall–Kier alpha value is -2.86. The molecule has 0 aromatic heterocycles. The van der Waals surface area contributed by atoms with Crippen LogP contribution >= 0.6 is 0 Å². The van der Waals surface area contributed by atoms with Crippen LogP contribution in [0, 0.1) is 6.92 Å². The van der Waals surface area contributed by atoms with Gasteiger partial charge in [-0.05, 0) is 50.1 Å². The van der Waals surface area contributed by atoms with Crippen molar-refractivity contribution in [2.75, 3.05) is 33.2 Å². The fourth-order valence-electron chi connectivity index (χ4n) is 4.15. The van der Waals surface area contributed by atoms with Crippen molar-refractivity contribution in [2.24, 2.45) is 0 Å². The van der Waals surface area contributed by atoms with Gasteiger partial charge >= 0.3 is 0 Å². The van der Waals surface area contributed by atoms with Gasteiger partial charge in [0.05, 0.1) is 0 Å². The van der Waals surface area contributed by atoms with Crippen molar-refractivity contribution < 1.29 is 14.3 Å². The van der Waals surface area contributed by atoms with Gasteiger partial charge < -0.3 is 15.0 Å². The second kappa shape index (κ2) is 11.1. The molecule has 0 aliphatic carbocycles. The smallest absolute Gasteiger partial charge is 0.251 e. The van der Waals surface area contributed by atoms with Gasteiger partial charge in [-0.2, -0.15) is 0 Å². The standard InChI is InChI=1S/C26H35N3O3/c1-5-6-25(30)29-16-15-28(17-20(29)3)18-24(21-9-7-19(2)8-10-21)32-23-13-11-22(12-14-23)26(31)27-4/h7-14,20,24H,5-6,15-18H2,1-4H3,(H,27,31)/t20-,24+/m1/s1. The number of piperazine rings is 1. The van der Waals surface area contributed by atoms with E-state index in [4.69, 9.17) is 4.74 Å². The Morgan fingerprint density at radius 3 is 2.38 bits per heavy atom. The number of aryl methyl sites for hydroxylation is 1. The molecule has 172 valence electrons. The zero-order valence-corrected chi connectivity index (χ0v) is 19.6. The first-order chi connectivity index (χ1) is 15.4. The minimum Gasteiger partial charge on any atom is -0.484 e. The lowest BCUT2D eigenvalue weighted by Crippen LogP contribution is -2.54. The van der Waals surface area contributed by atoms with Crippen molar-refractivity contribution >= 4 is 11.8 Å². The van der Waals surface area contributed by atoms with E-state index in [0.717, 1.165) is 43.9 Å². The van der Waals surface area contributed by atoms with E-state index >= 15 is 0 Å². The van der Waals surface area contributed by atoms with Gasteiger partial charge in [0.1, 0.15) is 11.9 Å². The molecule has 0 unspecified atom stereocenters. The predicted octanol–water partition coefficient (Wildman–Crippen LogP) is 3.81. The first-order valence-corrected chi connectivity index (χ1v) is 11.5. The number of hydrogen-bond acceptors (Lipinski definition) is 4. The van der Waals surface area contributed by atoms with E-state index in [-0.39, 0.29) is 24.0 Å². The summed E-state index contributed by atoms with van der Waals surface area (Å²) in [5, 5.41) is 2.64. The summed E-state index contributed by atoms with van der Waals surface area (Å²) in [6.07, 6.45) is 1.35. The molecule has 2 aromatic rings. The summed E-state index contributed by atoms with van der Waals surface area (Å²) in [6, 6.07) is 15.9. The lowest BCUT2D eigenvalue weighted by Gasteiger charge is -2.41. The normalized spacial score (nSPS) is 17.6. The van der Waals surface area contributed by atoms with Gasteiger partial charge in [-0.15, -0.1) is 0 Å². The lowest BCUT2D eigenvalue weighted by atomic mass is 10.1. The van der Waals surface area contributed by atoms with Gasteiger partial charge in [-0.25, -0.2) is 0 Å². The number of amides is 2.